The zero-order valence-corrected chi connectivity index (χ0v) is 22.8. The van der Waals surface area contributed by atoms with Crippen molar-refractivity contribution in [2.45, 2.75) is 79.8 Å². The standard InChI is InChI=1S/C28H48N4O2/c1-22-24(29-12-15-30-13-8-9-14-30)20-23(10-11-27(2,3)4)21-25(22)31-16-18-32(19-17-31)26(33)34-28(5,6)7/h20-21,29H,8-19H2,1-7H3. The monoisotopic (exact) mass is 472 g/mol. The molecule has 1 aromatic rings. The molecule has 2 heterocycles. The SMILES string of the molecule is Cc1c(NCCN2CCCC2)cc(CCC(C)(C)C)cc1N1CCN(C(=O)OC(C)(C)C)CC1. The van der Waals surface area contributed by atoms with Crippen LogP contribution in [0.15, 0.2) is 12.1 Å². The van der Waals surface area contributed by atoms with Crippen LogP contribution in [0.3, 0.4) is 0 Å². The minimum Gasteiger partial charge on any atom is -0.444 e. The second-order valence-electron chi connectivity index (χ2n) is 12.3. The summed E-state index contributed by atoms with van der Waals surface area (Å²) in [6.07, 6.45) is 4.71. The summed E-state index contributed by atoms with van der Waals surface area (Å²) in [5.41, 5.74) is 5.13. The molecule has 2 aliphatic heterocycles. The minimum absolute atomic E-state index is 0.202. The molecule has 192 valence electrons. The number of benzene rings is 1. The molecule has 2 saturated heterocycles. The highest BCUT2D eigenvalue weighted by Crippen LogP contribution is 2.32. The molecule has 1 aromatic carbocycles. The highest BCUT2D eigenvalue weighted by Gasteiger charge is 2.27. The summed E-state index contributed by atoms with van der Waals surface area (Å²) >= 11 is 0. The molecule has 6 heteroatoms. The first-order chi connectivity index (χ1) is 15.9. The Morgan fingerprint density at radius 2 is 1.62 bits per heavy atom. The Balaban J connectivity index is 1.70. The van der Waals surface area contributed by atoms with Gasteiger partial charge in [0.1, 0.15) is 5.60 Å². The van der Waals surface area contributed by atoms with E-state index >= 15 is 0 Å². The number of hydrogen-bond acceptors (Lipinski definition) is 5. The van der Waals surface area contributed by atoms with Gasteiger partial charge in [0, 0.05) is 50.6 Å². The number of nitrogens with one attached hydrogen (secondary N) is 1. The molecule has 0 unspecified atom stereocenters. The van der Waals surface area contributed by atoms with Crippen LogP contribution in [0.5, 0.6) is 0 Å². The van der Waals surface area contributed by atoms with Crippen molar-refractivity contribution in [2.75, 3.05) is 62.6 Å². The molecule has 1 N–H and O–H groups in total. The van der Waals surface area contributed by atoms with Gasteiger partial charge in [0.25, 0.3) is 0 Å². The first kappa shape index (κ1) is 26.7. The molecule has 34 heavy (non-hydrogen) atoms. The van der Waals surface area contributed by atoms with Crippen molar-refractivity contribution in [3.05, 3.63) is 23.3 Å². The lowest BCUT2D eigenvalue weighted by molar-refractivity contribution is 0.0240. The van der Waals surface area contributed by atoms with Crippen LogP contribution in [-0.2, 0) is 11.2 Å². The smallest absolute Gasteiger partial charge is 0.410 e. The fourth-order valence-corrected chi connectivity index (χ4v) is 4.74. The van der Waals surface area contributed by atoms with Crippen molar-refractivity contribution in [1.82, 2.24) is 9.80 Å². The second kappa shape index (κ2) is 11.2. The molecule has 0 aliphatic carbocycles. The Kier molecular flexibility index (Phi) is 8.77. The van der Waals surface area contributed by atoms with E-state index in [0.717, 1.165) is 39.0 Å². The largest absolute Gasteiger partial charge is 0.444 e. The lowest BCUT2D eigenvalue weighted by Gasteiger charge is -2.38. The lowest BCUT2D eigenvalue weighted by atomic mass is 9.88. The van der Waals surface area contributed by atoms with Gasteiger partial charge in [-0.1, -0.05) is 20.8 Å². The fourth-order valence-electron chi connectivity index (χ4n) is 4.74. The van der Waals surface area contributed by atoms with Gasteiger partial charge in [-0.2, -0.15) is 0 Å². The maximum absolute atomic E-state index is 12.5. The van der Waals surface area contributed by atoms with Crippen molar-refractivity contribution >= 4 is 17.5 Å². The molecule has 0 bridgehead atoms. The van der Waals surface area contributed by atoms with Crippen LogP contribution in [0.25, 0.3) is 0 Å². The number of hydrogen-bond donors (Lipinski definition) is 1. The first-order valence-electron chi connectivity index (χ1n) is 13.2. The van der Waals surface area contributed by atoms with Crippen molar-refractivity contribution in [3.63, 3.8) is 0 Å². The third kappa shape index (κ3) is 8.07. The summed E-state index contributed by atoms with van der Waals surface area (Å²) in [4.78, 5) is 19.4. The predicted molar refractivity (Wildman–Crippen MR) is 143 cm³/mol. The number of likely N-dealkylation sites (tertiary alicyclic amines) is 1. The normalized spacial score (nSPS) is 17.9. The quantitative estimate of drug-likeness (QED) is 0.565. The van der Waals surface area contributed by atoms with Gasteiger partial charge in [-0.25, -0.2) is 4.79 Å². The summed E-state index contributed by atoms with van der Waals surface area (Å²) in [6, 6.07) is 4.75. The van der Waals surface area contributed by atoms with Gasteiger partial charge in [-0.05, 0) is 95.1 Å². The van der Waals surface area contributed by atoms with E-state index in [1.165, 1.54) is 48.4 Å². The number of rotatable bonds is 7. The van der Waals surface area contributed by atoms with E-state index in [1.807, 2.05) is 25.7 Å². The van der Waals surface area contributed by atoms with E-state index < -0.39 is 5.60 Å². The zero-order chi connectivity index (χ0) is 24.9. The van der Waals surface area contributed by atoms with Gasteiger partial charge < -0.3 is 24.8 Å². The van der Waals surface area contributed by atoms with E-state index in [0.29, 0.717) is 18.5 Å². The van der Waals surface area contributed by atoms with E-state index in [2.05, 4.69) is 54.9 Å². The van der Waals surface area contributed by atoms with Gasteiger partial charge in [-0.3, -0.25) is 0 Å². The molecule has 0 spiro atoms. The number of carbonyl (C=O) groups is 1. The molecule has 0 atom stereocenters. The van der Waals surface area contributed by atoms with Crippen LogP contribution < -0.4 is 10.2 Å². The molecule has 2 fully saturated rings. The topological polar surface area (TPSA) is 48.0 Å². The maximum atomic E-state index is 12.5. The molecule has 0 saturated carbocycles. The molecule has 0 radical (unpaired) electrons. The number of carbonyl (C=O) groups excluding carboxylic acids is 1. The van der Waals surface area contributed by atoms with Crippen LogP contribution in [0.2, 0.25) is 0 Å². The number of piperazine rings is 1. The number of aryl methyl sites for hydroxylation is 1. The van der Waals surface area contributed by atoms with Gasteiger partial charge >= 0.3 is 6.09 Å². The Morgan fingerprint density at radius 3 is 2.21 bits per heavy atom. The van der Waals surface area contributed by atoms with E-state index in [-0.39, 0.29) is 6.09 Å². The van der Waals surface area contributed by atoms with Gasteiger partial charge in [0.15, 0.2) is 0 Å². The summed E-state index contributed by atoms with van der Waals surface area (Å²) in [7, 11) is 0. The Bertz CT molecular complexity index is 811. The van der Waals surface area contributed by atoms with Gasteiger partial charge in [-0.15, -0.1) is 0 Å². The zero-order valence-electron chi connectivity index (χ0n) is 22.8. The van der Waals surface area contributed by atoms with Crippen molar-refractivity contribution in [3.8, 4) is 0 Å². The van der Waals surface area contributed by atoms with Crippen LogP contribution >= 0.6 is 0 Å². The highest BCUT2D eigenvalue weighted by molar-refractivity contribution is 5.70. The third-order valence-electron chi connectivity index (χ3n) is 6.82. The highest BCUT2D eigenvalue weighted by atomic mass is 16.6. The average molecular weight is 473 g/mol. The number of anilines is 2. The molecular weight excluding hydrogens is 424 g/mol. The third-order valence-corrected chi connectivity index (χ3v) is 6.82. The number of ether oxygens (including phenoxy) is 1. The van der Waals surface area contributed by atoms with Crippen molar-refractivity contribution in [2.24, 2.45) is 5.41 Å². The first-order valence-corrected chi connectivity index (χ1v) is 13.2. The lowest BCUT2D eigenvalue weighted by Crippen LogP contribution is -2.50. The van der Waals surface area contributed by atoms with Crippen molar-refractivity contribution in [1.29, 1.82) is 0 Å². The van der Waals surface area contributed by atoms with Crippen molar-refractivity contribution < 1.29 is 9.53 Å². The molecule has 6 nitrogen and oxygen atoms in total. The Hall–Kier alpha value is -1.95. The summed E-state index contributed by atoms with van der Waals surface area (Å²) in [5, 5.41) is 3.76. The maximum Gasteiger partial charge on any atom is 0.410 e. The molecular formula is C28H48N4O2. The predicted octanol–water partition coefficient (Wildman–Crippen LogP) is 5.54. The second-order valence-corrected chi connectivity index (χ2v) is 12.3. The minimum atomic E-state index is -0.457. The van der Waals surface area contributed by atoms with Crippen LogP contribution in [0, 0.1) is 12.3 Å². The Labute approximate surface area is 208 Å². The van der Waals surface area contributed by atoms with E-state index in [1.54, 1.807) is 0 Å². The summed E-state index contributed by atoms with van der Waals surface area (Å²) in [6.45, 7) is 22.5. The van der Waals surface area contributed by atoms with Crippen LogP contribution in [0.1, 0.15) is 71.9 Å². The number of amides is 1. The van der Waals surface area contributed by atoms with Crippen LogP contribution in [-0.4, -0.2) is 73.9 Å². The van der Waals surface area contributed by atoms with Crippen LogP contribution in [0.4, 0.5) is 16.2 Å². The van der Waals surface area contributed by atoms with E-state index in [9.17, 15) is 4.79 Å². The molecule has 0 aromatic heterocycles. The number of nitrogens with zero attached hydrogens (tertiary/aromatic N) is 3. The van der Waals surface area contributed by atoms with Gasteiger partial charge in [0.05, 0.1) is 0 Å². The summed E-state index contributed by atoms with van der Waals surface area (Å²) < 4.78 is 5.58. The molecule has 2 aliphatic rings. The Morgan fingerprint density at radius 1 is 0.971 bits per heavy atom. The molecule has 3 rings (SSSR count). The van der Waals surface area contributed by atoms with E-state index in [4.69, 9.17) is 4.74 Å². The summed E-state index contributed by atoms with van der Waals surface area (Å²) in [5.74, 6) is 0. The molecule has 1 amide bonds. The van der Waals surface area contributed by atoms with Gasteiger partial charge in [0.2, 0.25) is 0 Å². The fraction of sp³-hybridized carbons (Fsp3) is 0.750. The average Bonchev–Trinajstić information content (AvgIpc) is 3.26.